The van der Waals surface area contributed by atoms with Crippen molar-refractivity contribution in [2.75, 3.05) is 10.6 Å². The van der Waals surface area contributed by atoms with Crippen molar-refractivity contribution in [2.24, 2.45) is 5.92 Å². The fraction of sp³-hybridized carbons (Fsp3) is 0.250. The maximum Gasteiger partial charge on any atom is 0.224 e. The lowest BCUT2D eigenvalue weighted by Crippen LogP contribution is -2.15. The van der Waals surface area contributed by atoms with Gasteiger partial charge in [0.2, 0.25) is 5.91 Å². The molecule has 110 valence electrons. The minimum absolute atomic E-state index is 0.0354. The summed E-state index contributed by atoms with van der Waals surface area (Å²) in [6, 6.07) is 10.2. The van der Waals surface area contributed by atoms with Crippen LogP contribution in [0.3, 0.4) is 0 Å². The average Bonchev–Trinajstić information content (AvgIpc) is 2.42. The molecular weight excluding hydrogens is 266 g/mol. The Bertz CT molecular complexity index is 609. The van der Waals surface area contributed by atoms with Crippen LogP contribution in [0.4, 0.5) is 17.2 Å². The standard InChI is InChI=1S/C16H19N3O2/c1-11(2)10-15(21)19-14-4-3-9-17-16(14)18-12-5-7-13(20)8-6-12/h3-9,11,20H,10H2,1-2H3,(H,17,18)(H,19,21). The number of carbonyl (C=O) groups is 1. The SMILES string of the molecule is CC(C)CC(=O)Nc1cccnc1Nc1ccc(O)cc1. The summed E-state index contributed by atoms with van der Waals surface area (Å²) >= 11 is 0. The number of anilines is 3. The summed E-state index contributed by atoms with van der Waals surface area (Å²) in [5.41, 5.74) is 1.42. The van der Waals surface area contributed by atoms with Crippen molar-refractivity contribution in [3.63, 3.8) is 0 Å². The van der Waals surface area contributed by atoms with Crippen LogP contribution < -0.4 is 10.6 Å². The molecule has 0 fully saturated rings. The Balaban J connectivity index is 2.13. The van der Waals surface area contributed by atoms with Crippen LogP contribution in [0.5, 0.6) is 5.75 Å². The van der Waals surface area contributed by atoms with Gasteiger partial charge in [-0.25, -0.2) is 4.98 Å². The number of nitrogens with zero attached hydrogens (tertiary/aromatic N) is 1. The zero-order chi connectivity index (χ0) is 15.2. The van der Waals surface area contributed by atoms with Crippen molar-refractivity contribution in [3.8, 4) is 5.75 Å². The lowest BCUT2D eigenvalue weighted by atomic mass is 10.1. The fourth-order valence-corrected chi connectivity index (χ4v) is 1.86. The predicted octanol–water partition coefficient (Wildman–Crippen LogP) is 3.52. The number of hydrogen-bond donors (Lipinski definition) is 3. The zero-order valence-electron chi connectivity index (χ0n) is 12.1. The summed E-state index contributed by atoms with van der Waals surface area (Å²) in [5, 5.41) is 15.3. The average molecular weight is 285 g/mol. The molecule has 1 amide bonds. The highest BCUT2D eigenvalue weighted by Crippen LogP contribution is 2.24. The molecular formula is C16H19N3O2. The van der Waals surface area contributed by atoms with E-state index in [-0.39, 0.29) is 11.7 Å². The number of aromatic hydroxyl groups is 1. The van der Waals surface area contributed by atoms with Crippen molar-refractivity contribution >= 4 is 23.1 Å². The van der Waals surface area contributed by atoms with Crippen molar-refractivity contribution in [2.45, 2.75) is 20.3 Å². The number of benzene rings is 1. The molecule has 0 bridgehead atoms. The van der Waals surface area contributed by atoms with Crippen molar-refractivity contribution in [3.05, 3.63) is 42.6 Å². The number of aromatic nitrogens is 1. The van der Waals surface area contributed by atoms with Gasteiger partial charge in [0, 0.05) is 18.3 Å². The summed E-state index contributed by atoms with van der Waals surface area (Å²) in [7, 11) is 0. The molecule has 0 saturated carbocycles. The predicted molar refractivity (Wildman–Crippen MR) is 83.7 cm³/mol. The largest absolute Gasteiger partial charge is 0.508 e. The molecule has 0 saturated heterocycles. The fourth-order valence-electron chi connectivity index (χ4n) is 1.86. The molecule has 0 aliphatic carbocycles. The second-order valence-electron chi connectivity index (χ2n) is 5.22. The number of pyridine rings is 1. The lowest BCUT2D eigenvalue weighted by molar-refractivity contribution is -0.116. The first-order chi connectivity index (χ1) is 10.0. The third-order valence-electron chi connectivity index (χ3n) is 2.81. The maximum absolute atomic E-state index is 11.9. The Hall–Kier alpha value is -2.56. The Morgan fingerprint density at radius 2 is 1.95 bits per heavy atom. The first-order valence-corrected chi connectivity index (χ1v) is 6.85. The lowest BCUT2D eigenvalue weighted by Gasteiger charge is -2.12. The quantitative estimate of drug-likeness (QED) is 0.735. The van der Waals surface area contributed by atoms with Gasteiger partial charge in [-0.1, -0.05) is 13.8 Å². The normalized spacial score (nSPS) is 10.4. The van der Waals surface area contributed by atoms with Gasteiger partial charge in [-0.05, 0) is 42.3 Å². The topological polar surface area (TPSA) is 74.2 Å². The van der Waals surface area contributed by atoms with Gasteiger partial charge in [0.25, 0.3) is 0 Å². The van der Waals surface area contributed by atoms with Crippen LogP contribution in [0, 0.1) is 5.92 Å². The smallest absolute Gasteiger partial charge is 0.224 e. The van der Waals surface area contributed by atoms with E-state index in [1.54, 1.807) is 42.6 Å². The number of phenols is 1. The summed E-state index contributed by atoms with van der Waals surface area (Å²) in [5.74, 6) is 1.04. The number of phenolic OH excluding ortho intramolecular Hbond substituents is 1. The molecule has 0 aliphatic heterocycles. The van der Waals surface area contributed by atoms with E-state index < -0.39 is 0 Å². The molecule has 1 aromatic carbocycles. The van der Waals surface area contributed by atoms with E-state index in [2.05, 4.69) is 15.6 Å². The molecule has 5 nitrogen and oxygen atoms in total. The third-order valence-corrected chi connectivity index (χ3v) is 2.81. The van der Waals surface area contributed by atoms with Crippen LogP contribution in [0.2, 0.25) is 0 Å². The van der Waals surface area contributed by atoms with Gasteiger partial charge >= 0.3 is 0 Å². The molecule has 2 aromatic rings. The highest BCUT2D eigenvalue weighted by atomic mass is 16.3. The number of nitrogens with one attached hydrogen (secondary N) is 2. The van der Waals surface area contributed by atoms with Crippen LogP contribution in [-0.2, 0) is 4.79 Å². The van der Waals surface area contributed by atoms with E-state index in [1.807, 2.05) is 13.8 Å². The summed E-state index contributed by atoms with van der Waals surface area (Å²) in [6.45, 7) is 4.00. The molecule has 2 rings (SSSR count). The van der Waals surface area contributed by atoms with E-state index in [1.165, 1.54) is 0 Å². The van der Waals surface area contributed by atoms with Gasteiger partial charge in [0.1, 0.15) is 5.75 Å². The monoisotopic (exact) mass is 285 g/mol. The van der Waals surface area contributed by atoms with E-state index in [9.17, 15) is 9.90 Å². The Morgan fingerprint density at radius 3 is 2.62 bits per heavy atom. The Morgan fingerprint density at radius 1 is 1.24 bits per heavy atom. The van der Waals surface area contributed by atoms with Gasteiger partial charge in [0.05, 0.1) is 5.69 Å². The second-order valence-corrected chi connectivity index (χ2v) is 5.22. The van der Waals surface area contributed by atoms with Crippen LogP contribution >= 0.6 is 0 Å². The molecule has 0 spiro atoms. The van der Waals surface area contributed by atoms with E-state index in [4.69, 9.17) is 0 Å². The minimum Gasteiger partial charge on any atom is -0.508 e. The Labute approximate surface area is 124 Å². The Kier molecular flexibility index (Phi) is 4.77. The van der Waals surface area contributed by atoms with Gasteiger partial charge in [-0.15, -0.1) is 0 Å². The van der Waals surface area contributed by atoms with E-state index in [0.717, 1.165) is 5.69 Å². The number of amides is 1. The van der Waals surface area contributed by atoms with Crippen LogP contribution in [0.25, 0.3) is 0 Å². The molecule has 0 aliphatic rings. The van der Waals surface area contributed by atoms with Gasteiger partial charge in [-0.2, -0.15) is 0 Å². The third kappa shape index (κ3) is 4.49. The molecule has 3 N–H and O–H groups in total. The molecule has 5 heteroatoms. The first kappa shape index (κ1) is 14.8. The van der Waals surface area contributed by atoms with Gasteiger partial charge < -0.3 is 15.7 Å². The summed E-state index contributed by atoms with van der Waals surface area (Å²) in [6.07, 6.45) is 2.12. The molecule has 0 unspecified atom stereocenters. The first-order valence-electron chi connectivity index (χ1n) is 6.85. The van der Waals surface area contributed by atoms with E-state index in [0.29, 0.717) is 23.8 Å². The molecule has 0 radical (unpaired) electrons. The van der Waals surface area contributed by atoms with E-state index >= 15 is 0 Å². The summed E-state index contributed by atoms with van der Waals surface area (Å²) in [4.78, 5) is 16.1. The number of carbonyl (C=O) groups excluding carboxylic acids is 1. The van der Waals surface area contributed by atoms with Crippen LogP contribution in [0.1, 0.15) is 20.3 Å². The molecule has 1 aromatic heterocycles. The van der Waals surface area contributed by atoms with Gasteiger partial charge in [0.15, 0.2) is 5.82 Å². The highest BCUT2D eigenvalue weighted by molar-refractivity contribution is 5.94. The minimum atomic E-state index is -0.0354. The summed E-state index contributed by atoms with van der Waals surface area (Å²) < 4.78 is 0. The number of rotatable bonds is 5. The molecule has 1 heterocycles. The van der Waals surface area contributed by atoms with Crippen LogP contribution in [0.15, 0.2) is 42.6 Å². The molecule has 0 atom stereocenters. The zero-order valence-corrected chi connectivity index (χ0v) is 12.1. The second kappa shape index (κ2) is 6.74. The van der Waals surface area contributed by atoms with Crippen molar-refractivity contribution in [1.29, 1.82) is 0 Å². The van der Waals surface area contributed by atoms with Crippen molar-refractivity contribution < 1.29 is 9.90 Å². The van der Waals surface area contributed by atoms with Crippen LogP contribution in [-0.4, -0.2) is 16.0 Å². The highest BCUT2D eigenvalue weighted by Gasteiger charge is 2.09. The molecule has 21 heavy (non-hydrogen) atoms. The van der Waals surface area contributed by atoms with Gasteiger partial charge in [-0.3, -0.25) is 4.79 Å². The number of hydrogen-bond acceptors (Lipinski definition) is 4. The maximum atomic E-state index is 11.9. The van der Waals surface area contributed by atoms with Crippen molar-refractivity contribution in [1.82, 2.24) is 4.98 Å².